The van der Waals surface area contributed by atoms with Crippen molar-refractivity contribution < 1.29 is 22.6 Å². The van der Waals surface area contributed by atoms with Crippen molar-refractivity contribution in [2.24, 2.45) is 5.41 Å². The van der Waals surface area contributed by atoms with Gasteiger partial charge in [-0.3, -0.25) is 4.98 Å². The summed E-state index contributed by atoms with van der Waals surface area (Å²) >= 11 is 0. The number of rotatable bonds is 5. The van der Waals surface area contributed by atoms with Gasteiger partial charge in [-0.15, -0.1) is 5.10 Å². The van der Waals surface area contributed by atoms with Crippen LogP contribution in [-0.4, -0.2) is 70.7 Å². The molecule has 180 valence electrons. The molecule has 3 aliphatic heterocycles. The van der Waals surface area contributed by atoms with Crippen LogP contribution in [0.1, 0.15) is 25.1 Å². The number of halogens is 3. The van der Waals surface area contributed by atoms with Crippen LogP contribution < -0.4 is 14.5 Å². The summed E-state index contributed by atoms with van der Waals surface area (Å²) in [5.41, 5.74) is 1.04. The number of fused-ring (bicyclic) bond motifs is 1. The van der Waals surface area contributed by atoms with E-state index in [-0.39, 0.29) is 11.5 Å². The standard InChI is InChI=1S/C22H24F3N7O2/c1-2-34-20-18-19(32(29-20)15-9-33-10-15)28-17(8-27-18)30-6-4-21(11-30)12-31(13-21)14-3-5-26-16(7-14)22(23,24)25/h3,5,7-8,15H,2,4,6,9-13H2,1H3. The summed E-state index contributed by atoms with van der Waals surface area (Å²) < 4.78 is 51.9. The number of alkyl halides is 3. The van der Waals surface area contributed by atoms with Crippen LogP contribution in [0.4, 0.5) is 24.7 Å². The Kier molecular flexibility index (Phi) is 4.84. The number of aromatic nitrogens is 5. The fourth-order valence-electron chi connectivity index (χ4n) is 4.98. The Balaban J connectivity index is 1.19. The van der Waals surface area contributed by atoms with Gasteiger partial charge in [0.15, 0.2) is 11.2 Å². The zero-order valence-corrected chi connectivity index (χ0v) is 18.6. The maximum atomic E-state index is 13.0. The number of hydrogen-bond donors (Lipinski definition) is 0. The molecule has 0 N–H and O–H groups in total. The third-order valence-corrected chi connectivity index (χ3v) is 6.82. The summed E-state index contributed by atoms with van der Waals surface area (Å²) in [5.74, 6) is 1.25. The monoisotopic (exact) mass is 475 g/mol. The lowest BCUT2D eigenvalue weighted by Crippen LogP contribution is -2.57. The molecular weight excluding hydrogens is 451 g/mol. The van der Waals surface area contributed by atoms with Gasteiger partial charge in [-0.1, -0.05) is 0 Å². The highest BCUT2D eigenvalue weighted by Crippen LogP contribution is 2.43. The highest BCUT2D eigenvalue weighted by atomic mass is 19.4. The average Bonchev–Trinajstić information content (AvgIpc) is 3.34. The number of anilines is 2. The molecular formula is C22H24F3N7O2. The summed E-state index contributed by atoms with van der Waals surface area (Å²) in [7, 11) is 0. The lowest BCUT2D eigenvalue weighted by molar-refractivity contribution is -0.141. The van der Waals surface area contributed by atoms with Crippen molar-refractivity contribution in [3.63, 3.8) is 0 Å². The summed E-state index contributed by atoms with van der Waals surface area (Å²) in [4.78, 5) is 17.1. The van der Waals surface area contributed by atoms with Crippen molar-refractivity contribution >= 4 is 22.7 Å². The minimum Gasteiger partial charge on any atom is -0.475 e. The SMILES string of the molecule is CCOc1nn(C2COC2)c2nc(N3CCC4(CN(c5ccnc(C(F)(F)F)c5)C4)C3)cnc12. The van der Waals surface area contributed by atoms with Crippen molar-refractivity contribution in [2.75, 3.05) is 55.8 Å². The molecule has 0 radical (unpaired) electrons. The second kappa shape index (κ2) is 7.69. The van der Waals surface area contributed by atoms with Crippen LogP contribution in [0.2, 0.25) is 0 Å². The van der Waals surface area contributed by atoms with Gasteiger partial charge in [0.25, 0.3) is 5.88 Å². The van der Waals surface area contributed by atoms with Gasteiger partial charge in [-0.2, -0.15) is 13.2 Å². The first-order valence-corrected chi connectivity index (χ1v) is 11.3. The Hall–Kier alpha value is -3.15. The molecule has 3 aliphatic rings. The second-order valence-electron chi connectivity index (χ2n) is 9.20. The van der Waals surface area contributed by atoms with Crippen molar-refractivity contribution in [1.29, 1.82) is 0 Å². The number of hydrogen-bond acceptors (Lipinski definition) is 8. The molecule has 9 nitrogen and oxygen atoms in total. The van der Waals surface area contributed by atoms with Crippen LogP contribution in [0.25, 0.3) is 11.2 Å². The third-order valence-electron chi connectivity index (χ3n) is 6.82. The van der Waals surface area contributed by atoms with Crippen LogP contribution in [0.3, 0.4) is 0 Å². The van der Waals surface area contributed by atoms with Crippen molar-refractivity contribution in [3.05, 3.63) is 30.2 Å². The van der Waals surface area contributed by atoms with Gasteiger partial charge in [0, 0.05) is 43.5 Å². The first-order chi connectivity index (χ1) is 16.4. The third kappa shape index (κ3) is 3.51. The minimum atomic E-state index is -4.44. The molecule has 12 heteroatoms. The van der Waals surface area contributed by atoms with Gasteiger partial charge < -0.3 is 19.3 Å². The first kappa shape index (κ1) is 21.4. The molecule has 3 saturated heterocycles. The smallest absolute Gasteiger partial charge is 0.433 e. The summed E-state index contributed by atoms with van der Waals surface area (Å²) in [6, 6.07) is 2.88. The van der Waals surface area contributed by atoms with Gasteiger partial charge in [-0.25, -0.2) is 14.6 Å². The van der Waals surface area contributed by atoms with Gasteiger partial charge in [-0.05, 0) is 25.5 Å². The topological polar surface area (TPSA) is 81.4 Å². The molecule has 0 atom stereocenters. The molecule has 0 aliphatic carbocycles. The Morgan fingerprint density at radius 2 is 1.97 bits per heavy atom. The molecule has 1 spiro atoms. The van der Waals surface area contributed by atoms with Crippen LogP contribution >= 0.6 is 0 Å². The normalized spacial score (nSPS) is 20.1. The van der Waals surface area contributed by atoms with E-state index in [1.54, 1.807) is 12.3 Å². The Bertz CT molecular complexity index is 1220. The number of nitrogens with zero attached hydrogens (tertiary/aromatic N) is 7. The van der Waals surface area contributed by atoms with E-state index in [2.05, 4.69) is 20.0 Å². The van der Waals surface area contributed by atoms with E-state index in [4.69, 9.17) is 14.5 Å². The van der Waals surface area contributed by atoms with E-state index in [0.717, 1.165) is 31.4 Å². The van der Waals surface area contributed by atoms with Crippen molar-refractivity contribution in [3.8, 4) is 5.88 Å². The molecule has 3 fully saturated rings. The van der Waals surface area contributed by atoms with E-state index in [0.29, 0.717) is 55.6 Å². The molecule has 0 unspecified atom stereocenters. The van der Waals surface area contributed by atoms with E-state index in [1.807, 2.05) is 16.5 Å². The fourth-order valence-corrected chi connectivity index (χ4v) is 4.98. The molecule has 6 rings (SSSR count). The number of pyridine rings is 1. The molecule has 0 aromatic carbocycles. The summed E-state index contributed by atoms with van der Waals surface area (Å²) in [6.45, 7) is 6.56. The average molecular weight is 475 g/mol. The molecule has 6 heterocycles. The van der Waals surface area contributed by atoms with Crippen LogP contribution in [0.15, 0.2) is 24.5 Å². The Morgan fingerprint density at radius 3 is 2.68 bits per heavy atom. The van der Waals surface area contributed by atoms with Crippen LogP contribution in [0, 0.1) is 5.41 Å². The number of ether oxygens (including phenoxy) is 2. The quantitative estimate of drug-likeness (QED) is 0.557. The van der Waals surface area contributed by atoms with Crippen molar-refractivity contribution in [2.45, 2.75) is 25.6 Å². The largest absolute Gasteiger partial charge is 0.475 e. The highest BCUT2D eigenvalue weighted by Gasteiger charge is 2.48. The zero-order valence-electron chi connectivity index (χ0n) is 18.6. The molecule has 34 heavy (non-hydrogen) atoms. The predicted octanol–water partition coefficient (Wildman–Crippen LogP) is 2.93. The van der Waals surface area contributed by atoms with Gasteiger partial charge in [0.1, 0.15) is 17.6 Å². The predicted molar refractivity (Wildman–Crippen MR) is 117 cm³/mol. The zero-order chi connectivity index (χ0) is 23.5. The van der Waals surface area contributed by atoms with E-state index >= 15 is 0 Å². The summed E-state index contributed by atoms with van der Waals surface area (Å²) in [6.07, 6.45) is -0.523. The van der Waals surface area contributed by atoms with Crippen LogP contribution in [0.5, 0.6) is 5.88 Å². The Morgan fingerprint density at radius 1 is 1.18 bits per heavy atom. The van der Waals surface area contributed by atoms with Crippen molar-refractivity contribution in [1.82, 2.24) is 24.7 Å². The summed E-state index contributed by atoms with van der Waals surface area (Å²) in [5, 5.41) is 4.57. The molecule has 0 bridgehead atoms. The second-order valence-corrected chi connectivity index (χ2v) is 9.20. The highest BCUT2D eigenvalue weighted by molar-refractivity contribution is 5.78. The molecule has 3 aromatic heterocycles. The van der Waals surface area contributed by atoms with E-state index in [9.17, 15) is 13.2 Å². The lowest BCUT2D eigenvalue weighted by Gasteiger charge is -2.49. The maximum absolute atomic E-state index is 13.0. The van der Waals surface area contributed by atoms with E-state index < -0.39 is 11.9 Å². The van der Waals surface area contributed by atoms with Gasteiger partial charge in [0.2, 0.25) is 0 Å². The Labute approximate surface area is 193 Å². The van der Waals surface area contributed by atoms with Gasteiger partial charge >= 0.3 is 6.18 Å². The van der Waals surface area contributed by atoms with Crippen LogP contribution in [-0.2, 0) is 10.9 Å². The fraction of sp³-hybridized carbons (Fsp3) is 0.545. The van der Waals surface area contributed by atoms with E-state index in [1.165, 1.54) is 6.20 Å². The molecule has 3 aromatic rings. The molecule has 0 saturated carbocycles. The first-order valence-electron chi connectivity index (χ1n) is 11.3. The van der Waals surface area contributed by atoms with Gasteiger partial charge in [0.05, 0.1) is 26.0 Å². The maximum Gasteiger partial charge on any atom is 0.433 e. The minimum absolute atomic E-state index is 0.0246. The molecule has 0 amide bonds. The lowest BCUT2D eigenvalue weighted by atomic mass is 9.79.